The predicted molar refractivity (Wildman–Crippen MR) is 108 cm³/mol. The Hall–Kier alpha value is -2.44. The summed E-state index contributed by atoms with van der Waals surface area (Å²) in [6.45, 7) is 2.82. The first-order valence-corrected chi connectivity index (χ1v) is 9.82. The Labute approximate surface area is 166 Å². The van der Waals surface area contributed by atoms with Gasteiger partial charge in [-0.1, -0.05) is 48.9 Å². The highest BCUT2D eigenvalue weighted by Crippen LogP contribution is 2.24. The molecule has 28 heavy (non-hydrogen) atoms. The van der Waals surface area contributed by atoms with E-state index in [1.54, 1.807) is 30.3 Å². The van der Waals surface area contributed by atoms with Crippen LogP contribution < -0.4 is 4.90 Å². The molecule has 0 bridgehead atoms. The highest BCUT2D eigenvalue weighted by molar-refractivity contribution is 5.91. The maximum absolute atomic E-state index is 14.6. The van der Waals surface area contributed by atoms with Gasteiger partial charge in [0.2, 0.25) is 0 Å². The molecule has 0 aliphatic carbocycles. The molecule has 1 heterocycles. The predicted octanol–water partition coefficient (Wildman–Crippen LogP) is 4.30. The maximum Gasteiger partial charge on any atom is 0.339 e. The number of amides is 2. The van der Waals surface area contributed by atoms with Crippen LogP contribution in [0.5, 0.6) is 0 Å². The van der Waals surface area contributed by atoms with Crippen molar-refractivity contribution in [2.24, 2.45) is 0 Å². The second-order valence-corrected chi connectivity index (χ2v) is 6.94. The summed E-state index contributed by atoms with van der Waals surface area (Å²) in [7, 11) is 1.62. The lowest BCUT2D eigenvalue weighted by atomic mass is 10.1. The van der Waals surface area contributed by atoms with Gasteiger partial charge in [-0.25, -0.2) is 14.2 Å². The van der Waals surface area contributed by atoms with Gasteiger partial charge < -0.3 is 4.74 Å². The lowest BCUT2D eigenvalue weighted by molar-refractivity contribution is -0.0133. The number of carbonyl (C=O) groups is 1. The Morgan fingerprint density at radius 1 is 1.04 bits per heavy atom. The van der Waals surface area contributed by atoms with Crippen molar-refractivity contribution in [2.75, 3.05) is 38.3 Å². The van der Waals surface area contributed by atoms with Crippen molar-refractivity contribution in [3.63, 3.8) is 0 Å². The number of piperidine rings is 1. The summed E-state index contributed by atoms with van der Waals surface area (Å²) < 4.78 is 19.8. The molecule has 2 amide bonds. The molecule has 0 radical (unpaired) electrons. The third-order valence-corrected chi connectivity index (χ3v) is 4.96. The Morgan fingerprint density at radius 3 is 2.39 bits per heavy atom. The zero-order valence-electron chi connectivity index (χ0n) is 16.4. The van der Waals surface area contributed by atoms with Crippen LogP contribution in [0.3, 0.4) is 0 Å². The van der Waals surface area contributed by atoms with Crippen molar-refractivity contribution < 1.29 is 13.9 Å². The third kappa shape index (κ3) is 5.09. The maximum atomic E-state index is 14.6. The minimum Gasteiger partial charge on any atom is -0.383 e. The van der Waals surface area contributed by atoms with E-state index < -0.39 is 5.82 Å². The summed E-state index contributed by atoms with van der Waals surface area (Å²) in [5.41, 5.74) is 1.24. The normalized spacial score (nSPS) is 14.6. The Morgan fingerprint density at radius 2 is 1.71 bits per heavy atom. The van der Waals surface area contributed by atoms with Crippen LogP contribution in [0.15, 0.2) is 54.6 Å². The zero-order chi connectivity index (χ0) is 19.8. The molecule has 1 fully saturated rings. The number of anilines is 1. The number of halogens is 1. The van der Waals surface area contributed by atoms with E-state index in [1.165, 1.54) is 17.4 Å². The number of hydrogen-bond acceptors (Lipinski definition) is 3. The molecular formula is C22H28FN3O2. The van der Waals surface area contributed by atoms with Crippen molar-refractivity contribution in [2.45, 2.75) is 25.8 Å². The lowest BCUT2D eigenvalue weighted by Gasteiger charge is -2.40. The molecule has 2 aromatic carbocycles. The summed E-state index contributed by atoms with van der Waals surface area (Å²) in [5, 5.41) is 3.79. The average Bonchev–Trinajstić information content (AvgIpc) is 2.74. The van der Waals surface area contributed by atoms with Gasteiger partial charge in [0.05, 0.1) is 25.4 Å². The SMILES string of the molecule is COCCN(C(=O)N(Cc1ccccc1)c1ccccc1F)N1CCCCC1. The fraction of sp³-hybridized carbons (Fsp3) is 0.409. The second kappa shape index (κ2) is 10.2. The van der Waals surface area contributed by atoms with Gasteiger partial charge in [0.25, 0.3) is 0 Å². The first-order valence-electron chi connectivity index (χ1n) is 9.82. The van der Waals surface area contributed by atoms with Gasteiger partial charge in [0, 0.05) is 20.2 Å². The lowest BCUT2D eigenvalue weighted by Crippen LogP contribution is -2.55. The largest absolute Gasteiger partial charge is 0.383 e. The van der Waals surface area contributed by atoms with Gasteiger partial charge in [-0.15, -0.1) is 0 Å². The molecule has 3 rings (SSSR count). The molecule has 1 aliphatic heterocycles. The van der Waals surface area contributed by atoms with E-state index in [0.29, 0.717) is 19.7 Å². The number of nitrogens with zero attached hydrogens (tertiary/aromatic N) is 3. The van der Waals surface area contributed by atoms with Crippen LogP contribution in [0.1, 0.15) is 24.8 Å². The van der Waals surface area contributed by atoms with E-state index in [1.807, 2.05) is 30.3 Å². The van der Waals surface area contributed by atoms with E-state index in [4.69, 9.17) is 4.74 Å². The van der Waals surface area contributed by atoms with Crippen LogP contribution in [0.4, 0.5) is 14.9 Å². The van der Waals surface area contributed by atoms with Gasteiger partial charge in [0.1, 0.15) is 5.82 Å². The van der Waals surface area contributed by atoms with Crippen LogP contribution >= 0.6 is 0 Å². The fourth-order valence-electron chi connectivity index (χ4n) is 3.49. The van der Waals surface area contributed by atoms with Gasteiger partial charge in [0.15, 0.2) is 0 Å². The number of rotatable bonds is 7. The topological polar surface area (TPSA) is 36.0 Å². The average molecular weight is 385 g/mol. The minimum atomic E-state index is -0.405. The van der Waals surface area contributed by atoms with E-state index in [9.17, 15) is 9.18 Å². The van der Waals surface area contributed by atoms with E-state index >= 15 is 0 Å². The van der Waals surface area contributed by atoms with Crippen LogP contribution in [-0.2, 0) is 11.3 Å². The number of urea groups is 1. The number of hydrogen-bond donors (Lipinski definition) is 0. The molecule has 1 saturated heterocycles. The molecule has 2 aromatic rings. The first-order chi connectivity index (χ1) is 13.7. The van der Waals surface area contributed by atoms with Crippen molar-refractivity contribution in [3.8, 4) is 0 Å². The van der Waals surface area contributed by atoms with Gasteiger partial charge in [-0.05, 0) is 30.5 Å². The third-order valence-electron chi connectivity index (χ3n) is 4.96. The van der Waals surface area contributed by atoms with Crippen LogP contribution in [0, 0.1) is 5.82 Å². The Bertz CT molecular complexity index is 750. The summed E-state index contributed by atoms with van der Waals surface area (Å²) in [6, 6.07) is 15.9. The standard InChI is InChI=1S/C22H28FN3O2/c1-28-17-16-26(24-14-8-3-9-15-24)22(27)25(18-19-10-4-2-5-11-19)21-13-7-6-12-20(21)23/h2,4-7,10-13H,3,8-9,14-18H2,1H3. The quantitative estimate of drug-likeness (QED) is 0.713. The van der Waals surface area contributed by atoms with Crippen LogP contribution in [0.25, 0.3) is 0 Å². The number of ether oxygens (including phenoxy) is 1. The smallest absolute Gasteiger partial charge is 0.339 e. The van der Waals surface area contributed by atoms with E-state index in [2.05, 4.69) is 5.01 Å². The Balaban J connectivity index is 1.91. The molecule has 5 nitrogen and oxygen atoms in total. The number of carbonyl (C=O) groups excluding carboxylic acids is 1. The van der Waals surface area contributed by atoms with Gasteiger partial charge in [-0.2, -0.15) is 0 Å². The summed E-state index contributed by atoms with van der Waals surface area (Å²) in [4.78, 5) is 15.1. The van der Waals surface area contributed by atoms with Crippen LogP contribution in [-0.4, -0.2) is 49.4 Å². The monoisotopic (exact) mass is 385 g/mol. The number of para-hydroxylation sites is 1. The minimum absolute atomic E-state index is 0.229. The van der Waals surface area contributed by atoms with Crippen molar-refractivity contribution in [1.29, 1.82) is 0 Å². The number of hydrazine groups is 1. The first kappa shape index (κ1) is 20.3. The molecular weight excluding hydrogens is 357 g/mol. The molecule has 0 aromatic heterocycles. The molecule has 1 aliphatic rings. The molecule has 0 spiro atoms. The highest BCUT2D eigenvalue weighted by atomic mass is 19.1. The van der Waals surface area contributed by atoms with Crippen molar-refractivity contribution in [3.05, 3.63) is 66.0 Å². The molecule has 0 saturated carbocycles. The molecule has 150 valence electrons. The van der Waals surface area contributed by atoms with Gasteiger partial charge in [-0.3, -0.25) is 9.91 Å². The molecule has 0 unspecified atom stereocenters. The molecule has 6 heteroatoms. The zero-order valence-corrected chi connectivity index (χ0v) is 16.4. The highest BCUT2D eigenvalue weighted by Gasteiger charge is 2.29. The van der Waals surface area contributed by atoms with Crippen molar-refractivity contribution >= 4 is 11.7 Å². The van der Waals surface area contributed by atoms with Crippen LogP contribution in [0.2, 0.25) is 0 Å². The molecule has 0 atom stereocenters. The fourth-order valence-corrected chi connectivity index (χ4v) is 3.49. The number of methoxy groups -OCH3 is 1. The van der Waals surface area contributed by atoms with E-state index in [-0.39, 0.29) is 11.7 Å². The Kier molecular flexibility index (Phi) is 7.39. The van der Waals surface area contributed by atoms with E-state index in [0.717, 1.165) is 31.5 Å². The summed E-state index contributed by atoms with van der Waals surface area (Å²) >= 11 is 0. The van der Waals surface area contributed by atoms with Gasteiger partial charge >= 0.3 is 6.03 Å². The summed E-state index contributed by atoms with van der Waals surface area (Å²) in [5.74, 6) is -0.405. The second-order valence-electron chi connectivity index (χ2n) is 6.94. The molecule has 0 N–H and O–H groups in total. The van der Waals surface area contributed by atoms with Crippen molar-refractivity contribution in [1.82, 2.24) is 10.0 Å². The summed E-state index contributed by atoms with van der Waals surface area (Å²) in [6.07, 6.45) is 3.27. The number of benzene rings is 2.